The molecule has 0 fully saturated rings. The molecule has 0 unspecified atom stereocenters. The van der Waals surface area contributed by atoms with Gasteiger partial charge >= 0.3 is 0 Å². The molecule has 0 aliphatic carbocycles. The lowest BCUT2D eigenvalue weighted by Crippen LogP contribution is -1.95. The minimum atomic E-state index is 0.563. The lowest BCUT2D eigenvalue weighted by Gasteiger charge is -2.06. The van der Waals surface area contributed by atoms with Gasteiger partial charge in [-0.3, -0.25) is 9.20 Å². The largest absolute Gasteiger partial charge is 0.497 e. The number of imidazole rings is 1. The highest BCUT2D eigenvalue weighted by Gasteiger charge is 2.20. The van der Waals surface area contributed by atoms with E-state index in [9.17, 15) is 4.79 Å². The molecule has 0 saturated heterocycles. The molecule has 134 valence electrons. The zero-order valence-corrected chi connectivity index (χ0v) is 15.5. The molecule has 5 rings (SSSR count). The van der Waals surface area contributed by atoms with E-state index in [1.165, 1.54) is 11.3 Å². The van der Waals surface area contributed by atoms with Gasteiger partial charge in [-0.1, -0.05) is 18.2 Å². The third-order valence-electron chi connectivity index (χ3n) is 4.96. The Morgan fingerprint density at radius 2 is 2.15 bits per heavy atom. The SMILES string of the molecule is COc1cccc(-c2nc3scc(-c4ccc5c(c4)CCN5)n3c2C=O)c1. The molecule has 0 saturated carbocycles. The van der Waals surface area contributed by atoms with Crippen LogP contribution in [0.15, 0.2) is 47.8 Å². The third kappa shape index (κ3) is 2.52. The van der Waals surface area contributed by atoms with Crippen molar-refractivity contribution in [3.05, 3.63) is 59.1 Å². The lowest BCUT2D eigenvalue weighted by atomic mass is 10.1. The number of benzene rings is 2. The number of hydrogen-bond acceptors (Lipinski definition) is 5. The Morgan fingerprint density at radius 3 is 3.00 bits per heavy atom. The molecule has 0 spiro atoms. The molecule has 0 bridgehead atoms. The number of nitrogens with zero attached hydrogens (tertiary/aromatic N) is 2. The van der Waals surface area contributed by atoms with Crippen LogP contribution in [0.2, 0.25) is 0 Å². The fourth-order valence-electron chi connectivity index (χ4n) is 3.64. The molecule has 1 N–H and O–H groups in total. The molecule has 2 aromatic heterocycles. The van der Waals surface area contributed by atoms with Crippen molar-refractivity contribution in [3.8, 4) is 28.3 Å². The average molecular weight is 375 g/mol. The summed E-state index contributed by atoms with van der Waals surface area (Å²) in [5, 5.41) is 5.45. The van der Waals surface area contributed by atoms with Gasteiger partial charge in [0.05, 0.1) is 12.8 Å². The van der Waals surface area contributed by atoms with E-state index in [0.29, 0.717) is 11.4 Å². The molecule has 1 aliphatic rings. The molecule has 27 heavy (non-hydrogen) atoms. The second-order valence-corrected chi connectivity index (χ2v) is 7.32. The first-order valence-electron chi connectivity index (χ1n) is 8.75. The number of aldehydes is 1. The van der Waals surface area contributed by atoms with E-state index in [1.54, 1.807) is 18.4 Å². The minimum absolute atomic E-state index is 0.563. The number of anilines is 1. The Balaban J connectivity index is 1.70. The van der Waals surface area contributed by atoms with Crippen LogP contribution in [0.1, 0.15) is 16.1 Å². The molecule has 0 atom stereocenters. The van der Waals surface area contributed by atoms with Crippen molar-refractivity contribution in [2.45, 2.75) is 6.42 Å². The van der Waals surface area contributed by atoms with Crippen LogP contribution in [0.4, 0.5) is 5.69 Å². The van der Waals surface area contributed by atoms with Gasteiger partial charge in [0.25, 0.3) is 0 Å². The van der Waals surface area contributed by atoms with E-state index in [-0.39, 0.29) is 0 Å². The molecule has 2 aromatic carbocycles. The summed E-state index contributed by atoms with van der Waals surface area (Å²) >= 11 is 1.54. The maximum absolute atomic E-state index is 12.0. The first-order valence-corrected chi connectivity index (χ1v) is 9.63. The van der Waals surface area contributed by atoms with Crippen LogP contribution in [-0.2, 0) is 6.42 Å². The number of hydrogen-bond donors (Lipinski definition) is 1. The molecule has 5 nitrogen and oxygen atoms in total. The van der Waals surface area contributed by atoms with Crippen molar-refractivity contribution < 1.29 is 9.53 Å². The van der Waals surface area contributed by atoms with Crippen LogP contribution in [-0.4, -0.2) is 29.3 Å². The van der Waals surface area contributed by atoms with E-state index >= 15 is 0 Å². The lowest BCUT2D eigenvalue weighted by molar-refractivity contribution is 0.111. The normalized spacial score (nSPS) is 12.8. The van der Waals surface area contributed by atoms with E-state index in [4.69, 9.17) is 9.72 Å². The summed E-state index contributed by atoms with van der Waals surface area (Å²) in [6.07, 6.45) is 1.91. The van der Waals surface area contributed by atoms with Crippen molar-refractivity contribution >= 4 is 28.3 Å². The molecule has 0 amide bonds. The van der Waals surface area contributed by atoms with Gasteiger partial charge in [-0.25, -0.2) is 4.98 Å². The van der Waals surface area contributed by atoms with Crippen molar-refractivity contribution in [3.63, 3.8) is 0 Å². The van der Waals surface area contributed by atoms with Gasteiger partial charge in [0.15, 0.2) is 11.2 Å². The summed E-state index contributed by atoms with van der Waals surface area (Å²) in [4.78, 5) is 17.5. The van der Waals surface area contributed by atoms with Crippen LogP contribution in [0.25, 0.3) is 27.5 Å². The van der Waals surface area contributed by atoms with Crippen LogP contribution >= 0.6 is 11.3 Å². The number of ether oxygens (including phenoxy) is 1. The summed E-state index contributed by atoms with van der Waals surface area (Å²) in [5.41, 5.74) is 6.72. The van der Waals surface area contributed by atoms with Crippen LogP contribution in [0.5, 0.6) is 5.75 Å². The van der Waals surface area contributed by atoms with E-state index in [0.717, 1.165) is 46.8 Å². The fraction of sp³-hybridized carbons (Fsp3) is 0.143. The highest BCUT2D eigenvalue weighted by atomic mass is 32.1. The number of aromatic nitrogens is 2. The molecule has 0 radical (unpaired) electrons. The third-order valence-corrected chi connectivity index (χ3v) is 5.79. The number of thiazole rings is 1. The summed E-state index contributed by atoms with van der Waals surface area (Å²) in [6, 6.07) is 14.1. The zero-order chi connectivity index (χ0) is 18.4. The van der Waals surface area contributed by atoms with Crippen LogP contribution < -0.4 is 10.1 Å². The summed E-state index contributed by atoms with van der Waals surface area (Å²) in [5.74, 6) is 0.743. The standard InChI is InChI=1S/C21H17N3O2S/c1-26-16-4-2-3-15(10-16)20-18(11-25)24-19(12-27-21(24)23-20)14-5-6-17-13(9-14)7-8-22-17/h2-6,9-12,22H,7-8H2,1H3. The molecule has 1 aliphatic heterocycles. The second kappa shape index (κ2) is 6.25. The highest BCUT2D eigenvalue weighted by molar-refractivity contribution is 7.15. The second-order valence-electron chi connectivity index (χ2n) is 6.48. The Hall–Kier alpha value is -3.12. The predicted octanol–water partition coefficient (Wildman–Crippen LogP) is 4.52. The fourth-order valence-corrected chi connectivity index (χ4v) is 4.54. The van der Waals surface area contributed by atoms with E-state index in [2.05, 4.69) is 28.9 Å². The number of carbonyl (C=O) groups excluding carboxylic acids is 1. The van der Waals surface area contributed by atoms with Gasteiger partial charge in [-0.2, -0.15) is 0 Å². The van der Waals surface area contributed by atoms with E-state index in [1.807, 2.05) is 28.7 Å². The highest BCUT2D eigenvalue weighted by Crippen LogP contribution is 2.35. The van der Waals surface area contributed by atoms with Crippen molar-refractivity contribution in [2.24, 2.45) is 0 Å². The Labute approximate surface area is 160 Å². The number of methoxy groups -OCH3 is 1. The van der Waals surface area contributed by atoms with Crippen molar-refractivity contribution in [1.82, 2.24) is 9.38 Å². The van der Waals surface area contributed by atoms with Gasteiger partial charge in [-0.15, -0.1) is 11.3 Å². The molecule has 3 heterocycles. The number of fused-ring (bicyclic) bond motifs is 2. The molecule has 6 heteroatoms. The Bertz CT molecular complexity index is 1180. The van der Waals surface area contributed by atoms with Gasteiger partial charge in [0.1, 0.15) is 17.1 Å². The Morgan fingerprint density at radius 1 is 1.22 bits per heavy atom. The van der Waals surface area contributed by atoms with E-state index < -0.39 is 0 Å². The van der Waals surface area contributed by atoms with Crippen LogP contribution in [0, 0.1) is 0 Å². The van der Waals surface area contributed by atoms with Crippen molar-refractivity contribution in [1.29, 1.82) is 0 Å². The molecule has 4 aromatic rings. The number of carbonyl (C=O) groups is 1. The molecular weight excluding hydrogens is 358 g/mol. The summed E-state index contributed by atoms with van der Waals surface area (Å²) < 4.78 is 7.27. The molecular formula is C21H17N3O2S. The predicted molar refractivity (Wildman–Crippen MR) is 108 cm³/mol. The Kier molecular flexibility index (Phi) is 3.72. The first-order chi connectivity index (χ1) is 13.3. The number of rotatable bonds is 4. The smallest absolute Gasteiger partial charge is 0.195 e. The monoisotopic (exact) mass is 375 g/mol. The summed E-state index contributed by atoms with van der Waals surface area (Å²) in [7, 11) is 1.63. The van der Waals surface area contributed by atoms with Crippen LogP contribution in [0.3, 0.4) is 0 Å². The zero-order valence-electron chi connectivity index (χ0n) is 14.7. The van der Waals surface area contributed by atoms with Crippen molar-refractivity contribution in [2.75, 3.05) is 19.0 Å². The van der Waals surface area contributed by atoms with Gasteiger partial charge < -0.3 is 10.1 Å². The summed E-state index contributed by atoms with van der Waals surface area (Å²) in [6.45, 7) is 0.975. The maximum atomic E-state index is 12.0. The maximum Gasteiger partial charge on any atom is 0.195 e. The quantitative estimate of drug-likeness (QED) is 0.533. The average Bonchev–Trinajstić information content (AvgIpc) is 3.41. The van der Waals surface area contributed by atoms with Gasteiger partial charge in [0.2, 0.25) is 0 Å². The topological polar surface area (TPSA) is 55.6 Å². The number of nitrogens with one attached hydrogen (secondary N) is 1. The minimum Gasteiger partial charge on any atom is -0.497 e. The first kappa shape index (κ1) is 16.1. The van der Waals surface area contributed by atoms with Gasteiger partial charge in [0, 0.05) is 23.2 Å². The van der Waals surface area contributed by atoms with Gasteiger partial charge in [-0.05, 0) is 41.8 Å².